The van der Waals surface area contributed by atoms with Crippen molar-refractivity contribution in [3.63, 3.8) is 0 Å². The molecule has 1 aromatic carbocycles. The number of nitrogens with zero attached hydrogens (tertiary/aromatic N) is 1. The highest BCUT2D eigenvalue weighted by atomic mass is 16.5. The number of nitriles is 1. The largest absolute Gasteiger partial charge is 0.490 e. The predicted molar refractivity (Wildman–Crippen MR) is 79.2 cm³/mol. The van der Waals surface area contributed by atoms with Crippen LogP contribution in [0, 0.1) is 11.3 Å². The van der Waals surface area contributed by atoms with E-state index in [2.05, 4.69) is 6.92 Å². The zero-order chi connectivity index (χ0) is 15.7. The average molecular weight is 289 g/mol. The van der Waals surface area contributed by atoms with Gasteiger partial charge in [0.2, 0.25) is 0 Å². The van der Waals surface area contributed by atoms with Crippen molar-refractivity contribution >= 4 is 12.0 Å². The lowest BCUT2D eigenvalue weighted by Crippen LogP contribution is -2.01. The van der Waals surface area contributed by atoms with Crippen molar-refractivity contribution < 1.29 is 19.4 Å². The van der Waals surface area contributed by atoms with Crippen LogP contribution >= 0.6 is 0 Å². The SMILES string of the molecule is CCCCOc1ccc(/C=C(\C#N)C(=O)O)cc1OCC. The second kappa shape index (κ2) is 8.64. The van der Waals surface area contributed by atoms with Crippen LogP contribution in [0.5, 0.6) is 11.5 Å². The molecule has 5 nitrogen and oxygen atoms in total. The molecule has 0 saturated carbocycles. The zero-order valence-electron chi connectivity index (χ0n) is 12.3. The van der Waals surface area contributed by atoms with Crippen molar-refractivity contribution in [1.29, 1.82) is 5.26 Å². The summed E-state index contributed by atoms with van der Waals surface area (Å²) in [5.41, 5.74) is 0.261. The normalized spacial score (nSPS) is 10.8. The quantitative estimate of drug-likeness (QED) is 0.451. The van der Waals surface area contributed by atoms with Gasteiger partial charge in [0.1, 0.15) is 11.6 Å². The molecule has 0 fully saturated rings. The maximum atomic E-state index is 10.8. The molecule has 0 heterocycles. The first-order valence-corrected chi connectivity index (χ1v) is 6.87. The number of carboxylic acids is 1. The molecule has 0 aromatic heterocycles. The summed E-state index contributed by atoms with van der Waals surface area (Å²) < 4.78 is 11.1. The van der Waals surface area contributed by atoms with Crippen LogP contribution in [0.4, 0.5) is 0 Å². The van der Waals surface area contributed by atoms with Crippen LogP contribution in [-0.2, 0) is 4.79 Å². The standard InChI is InChI=1S/C16H19NO4/c1-3-5-8-21-14-7-6-12(10-15(14)20-4-2)9-13(11-17)16(18)19/h6-7,9-10H,3-5,8H2,1-2H3,(H,18,19)/b13-9+. The number of unbranched alkanes of at least 4 members (excludes halogenated alkanes) is 1. The van der Waals surface area contributed by atoms with Crippen molar-refractivity contribution in [2.24, 2.45) is 0 Å². The average Bonchev–Trinajstić information content (AvgIpc) is 2.47. The van der Waals surface area contributed by atoms with Gasteiger partial charge in [0.25, 0.3) is 0 Å². The molecule has 0 aliphatic carbocycles. The molecule has 0 saturated heterocycles. The minimum Gasteiger partial charge on any atom is -0.490 e. The molecule has 1 rings (SSSR count). The third-order valence-corrected chi connectivity index (χ3v) is 2.68. The maximum Gasteiger partial charge on any atom is 0.346 e. The van der Waals surface area contributed by atoms with E-state index in [4.69, 9.17) is 19.8 Å². The van der Waals surface area contributed by atoms with Crippen LogP contribution < -0.4 is 9.47 Å². The van der Waals surface area contributed by atoms with Gasteiger partial charge in [0.15, 0.2) is 11.5 Å². The van der Waals surface area contributed by atoms with Crippen LogP contribution in [0.3, 0.4) is 0 Å². The highest BCUT2D eigenvalue weighted by Gasteiger charge is 2.09. The Bertz CT molecular complexity index is 558. The molecular weight excluding hydrogens is 270 g/mol. The second-order valence-corrected chi connectivity index (χ2v) is 4.32. The predicted octanol–water partition coefficient (Wildman–Crippen LogP) is 3.26. The lowest BCUT2D eigenvalue weighted by Gasteiger charge is -2.12. The number of aliphatic carboxylic acids is 1. The minimum absolute atomic E-state index is 0.322. The molecule has 0 atom stereocenters. The first-order chi connectivity index (χ1) is 10.1. The topological polar surface area (TPSA) is 79.5 Å². The van der Waals surface area contributed by atoms with Gasteiger partial charge in [-0.15, -0.1) is 0 Å². The Kier molecular flexibility index (Phi) is 6.82. The molecule has 0 aliphatic rings. The van der Waals surface area contributed by atoms with Crippen LogP contribution in [0.2, 0.25) is 0 Å². The molecule has 0 unspecified atom stereocenters. The Morgan fingerprint density at radius 2 is 2.10 bits per heavy atom. The molecule has 0 spiro atoms. The van der Waals surface area contributed by atoms with E-state index in [1.54, 1.807) is 24.3 Å². The first kappa shape index (κ1) is 16.6. The summed E-state index contributed by atoms with van der Waals surface area (Å²) in [6.07, 6.45) is 3.29. The highest BCUT2D eigenvalue weighted by Crippen LogP contribution is 2.29. The highest BCUT2D eigenvalue weighted by molar-refractivity contribution is 5.96. The van der Waals surface area contributed by atoms with Crippen molar-refractivity contribution in [2.45, 2.75) is 26.7 Å². The third-order valence-electron chi connectivity index (χ3n) is 2.68. The Morgan fingerprint density at radius 1 is 1.33 bits per heavy atom. The molecule has 21 heavy (non-hydrogen) atoms. The van der Waals surface area contributed by atoms with E-state index in [9.17, 15) is 4.79 Å². The van der Waals surface area contributed by atoms with E-state index in [0.717, 1.165) is 12.8 Å². The number of carbonyl (C=O) groups is 1. The Morgan fingerprint density at radius 3 is 2.67 bits per heavy atom. The number of hydrogen-bond acceptors (Lipinski definition) is 4. The number of ether oxygens (including phenoxy) is 2. The van der Waals surface area contributed by atoms with E-state index in [1.807, 2.05) is 6.92 Å². The fourth-order valence-corrected chi connectivity index (χ4v) is 1.64. The molecule has 1 aromatic rings. The van der Waals surface area contributed by atoms with Crippen molar-refractivity contribution in [1.82, 2.24) is 0 Å². The van der Waals surface area contributed by atoms with Gasteiger partial charge in [-0.25, -0.2) is 4.79 Å². The van der Waals surface area contributed by atoms with E-state index >= 15 is 0 Å². The molecule has 0 aliphatic heterocycles. The summed E-state index contributed by atoms with van der Waals surface area (Å²) in [5, 5.41) is 17.6. The van der Waals surface area contributed by atoms with E-state index in [-0.39, 0.29) is 5.57 Å². The second-order valence-electron chi connectivity index (χ2n) is 4.32. The molecule has 5 heteroatoms. The van der Waals surface area contributed by atoms with Crippen LogP contribution in [0.15, 0.2) is 23.8 Å². The molecule has 1 N–H and O–H groups in total. The Hall–Kier alpha value is -2.48. The van der Waals surface area contributed by atoms with Gasteiger partial charge in [-0.2, -0.15) is 5.26 Å². The van der Waals surface area contributed by atoms with Gasteiger partial charge in [0, 0.05) is 0 Å². The summed E-state index contributed by atoms with van der Waals surface area (Å²) in [4.78, 5) is 10.8. The smallest absolute Gasteiger partial charge is 0.346 e. The van der Waals surface area contributed by atoms with E-state index < -0.39 is 5.97 Å². The molecule has 0 amide bonds. The zero-order valence-corrected chi connectivity index (χ0v) is 12.3. The van der Waals surface area contributed by atoms with Crippen molar-refractivity contribution in [2.75, 3.05) is 13.2 Å². The fourth-order valence-electron chi connectivity index (χ4n) is 1.64. The summed E-state index contributed by atoms with van der Waals surface area (Å²) in [5.74, 6) is -0.0833. The van der Waals surface area contributed by atoms with Gasteiger partial charge in [-0.1, -0.05) is 19.4 Å². The van der Waals surface area contributed by atoms with Crippen LogP contribution in [0.1, 0.15) is 32.3 Å². The lowest BCUT2D eigenvalue weighted by atomic mass is 10.1. The fraction of sp³-hybridized carbons (Fsp3) is 0.375. The van der Waals surface area contributed by atoms with Gasteiger partial charge in [0.05, 0.1) is 13.2 Å². The molecule has 0 radical (unpaired) electrons. The summed E-state index contributed by atoms with van der Waals surface area (Å²) in [7, 11) is 0. The van der Waals surface area contributed by atoms with E-state index in [1.165, 1.54) is 6.08 Å². The summed E-state index contributed by atoms with van der Waals surface area (Å²) >= 11 is 0. The number of carboxylic acid groups (broad SMARTS) is 1. The number of benzene rings is 1. The van der Waals surface area contributed by atoms with Crippen molar-refractivity contribution in [3.05, 3.63) is 29.3 Å². The molecule has 0 bridgehead atoms. The van der Waals surface area contributed by atoms with Crippen LogP contribution in [0.25, 0.3) is 6.08 Å². The van der Waals surface area contributed by atoms with Crippen molar-refractivity contribution in [3.8, 4) is 17.6 Å². The third kappa shape index (κ3) is 5.19. The van der Waals surface area contributed by atoms with Gasteiger partial charge in [-0.05, 0) is 37.1 Å². The van der Waals surface area contributed by atoms with Gasteiger partial charge >= 0.3 is 5.97 Å². The summed E-state index contributed by atoms with van der Waals surface area (Å²) in [6, 6.07) is 6.74. The number of rotatable bonds is 8. The Labute approximate surface area is 124 Å². The molecular formula is C16H19NO4. The maximum absolute atomic E-state index is 10.8. The monoisotopic (exact) mass is 289 g/mol. The lowest BCUT2D eigenvalue weighted by molar-refractivity contribution is -0.132. The van der Waals surface area contributed by atoms with Crippen LogP contribution in [-0.4, -0.2) is 24.3 Å². The first-order valence-electron chi connectivity index (χ1n) is 6.87. The van der Waals surface area contributed by atoms with E-state index in [0.29, 0.717) is 30.3 Å². The minimum atomic E-state index is -1.25. The molecule has 112 valence electrons. The van der Waals surface area contributed by atoms with Gasteiger partial charge in [-0.3, -0.25) is 0 Å². The Balaban J connectivity index is 3.02. The number of hydrogen-bond donors (Lipinski definition) is 1. The summed E-state index contributed by atoms with van der Waals surface area (Å²) in [6.45, 7) is 5.01. The van der Waals surface area contributed by atoms with Gasteiger partial charge < -0.3 is 14.6 Å².